The Bertz CT molecular complexity index is 1350. The number of nitrogens with zero attached hydrogens (tertiary/aromatic N) is 3. The normalized spacial score (nSPS) is 11.6. The van der Waals surface area contributed by atoms with E-state index in [1.54, 1.807) is 0 Å². The van der Waals surface area contributed by atoms with Crippen molar-refractivity contribution in [2.24, 2.45) is 5.73 Å². The lowest BCUT2D eigenvalue weighted by molar-refractivity contribution is 0.832. The molecule has 0 saturated heterocycles. The van der Waals surface area contributed by atoms with Gasteiger partial charge in [-0.05, 0) is 60.3 Å². The predicted octanol–water partition coefficient (Wildman–Crippen LogP) is 5.64. The van der Waals surface area contributed by atoms with Crippen molar-refractivity contribution >= 4 is 34.1 Å². The van der Waals surface area contributed by atoms with Crippen LogP contribution in [0.4, 0.5) is 0 Å². The smallest absolute Gasteiger partial charge is 0.108 e. The van der Waals surface area contributed by atoms with E-state index in [0.717, 1.165) is 46.0 Å². The fraction of sp³-hybridized carbons (Fsp3) is 0.111. The molecule has 5 aromatic rings. The molecule has 152 valence electrons. The van der Waals surface area contributed by atoms with Gasteiger partial charge in [-0.2, -0.15) is 0 Å². The second kappa shape index (κ2) is 8.54. The Hall–Kier alpha value is -3.76. The van der Waals surface area contributed by atoms with Crippen LogP contribution in [-0.4, -0.2) is 21.1 Å². The summed E-state index contributed by atoms with van der Waals surface area (Å²) < 4.78 is 2.15. The third-order valence-electron chi connectivity index (χ3n) is 5.55. The van der Waals surface area contributed by atoms with Gasteiger partial charge in [0, 0.05) is 11.1 Å². The van der Waals surface area contributed by atoms with Gasteiger partial charge in [0.1, 0.15) is 11.8 Å². The molecule has 0 aliphatic carbocycles. The van der Waals surface area contributed by atoms with Gasteiger partial charge in [0.15, 0.2) is 0 Å². The molecule has 2 N–H and O–H groups in total. The van der Waals surface area contributed by atoms with Crippen molar-refractivity contribution in [3.8, 4) is 5.69 Å². The summed E-state index contributed by atoms with van der Waals surface area (Å²) in [5, 5.41) is 1.09. The molecule has 2 aromatic heterocycles. The van der Waals surface area contributed by atoms with Crippen LogP contribution in [0.3, 0.4) is 0 Å². The molecule has 0 unspecified atom stereocenters. The summed E-state index contributed by atoms with van der Waals surface area (Å²) in [7, 11) is 0. The molecule has 0 aliphatic heterocycles. The van der Waals surface area contributed by atoms with Crippen LogP contribution < -0.4 is 5.73 Å². The van der Waals surface area contributed by atoms with Crippen molar-refractivity contribution in [3.05, 3.63) is 102 Å². The molecule has 0 radical (unpaired) electrons. The molecule has 2 heterocycles. The van der Waals surface area contributed by atoms with E-state index < -0.39 is 0 Å². The average molecular weight is 405 g/mol. The Balaban J connectivity index is 1.57. The molecule has 0 bridgehead atoms. The molecule has 0 amide bonds. The van der Waals surface area contributed by atoms with Gasteiger partial charge in [0.05, 0.1) is 17.2 Å². The summed E-state index contributed by atoms with van der Waals surface area (Å²) in [5.74, 6) is 0. The molecule has 5 rings (SSSR count). The maximum Gasteiger partial charge on any atom is 0.108 e. The molecule has 3 aromatic carbocycles. The van der Waals surface area contributed by atoms with E-state index in [1.165, 1.54) is 11.1 Å². The number of fused-ring (bicyclic) bond motifs is 3. The van der Waals surface area contributed by atoms with Crippen molar-refractivity contribution in [1.29, 1.82) is 0 Å². The van der Waals surface area contributed by atoms with E-state index >= 15 is 0 Å². The quantitative estimate of drug-likeness (QED) is 0.373. The summed E-state index contributed by atoms with van der Waals surface area (Å²) in [5.41, 5.74) is 13.3. The standard InChI is InChI=1S/C27H24N4/c28-16-4-7-21-10-13-23(14-11-21)31-19-30-26-18-29-25-15-12-22(17-24(25)27(26)31)9-8-20-5-2-1-3-6-20/h1-3,5-6,8-15,17-19H,4,7,16,28H2. The van der Waals surface area contributed by atoms with Gasteiger partial charge < -0.3 is 5.73 Å². The Kier molecular flexibility index (Phi) is 5.29. The van der Waals surface area contributed by atoms with E-state index in [2.05, 4.69) is 81.3 Å². The lowest BCUT2D eigenvalue weighted by Crippen LogP contribution is -2.00. The Morgan fingerprint density at radius 3 is 2.42 bits per heavy atom. The summed E-state index contributed by atoms with van der Waals surface area (Å²) in [6.45, 7) is 0.716. The number of pyridine rings is 1. The minimum Gasteiger partial charge on any atom is -0.330 e. The largest absolute Gasteiger partial charge is 0.330 e. The Labute approximate surface area is 181 Å². The molecule has 0 aliphatic rings. The highest BCUT2D eigenvalue weighted by Gasteiger charge is 2.10. The van der Waals surface area contributed by atoms with Crippen LogP contribution in [0, 0.1) is 0 Å². The SMILES string of the molecule is NCCCc1ccc(-n2cnc3cnc4ccc(C=Cc5ccccc5)cc4c32)cc1. The highest BCUT2D eigenvalue weighted by Crippen LogP contribution is 2.27. The van der Waals surface area contributed by atoms with Gasteiger partial charge in [-0.15, -0.1) is 0 Å². The Morgan fingerprint density at radius 2 is 1.61 bits per heavy atom. The van der Waals surface area contributed by atoms with Crippen LogP contribution in [0.15, 0.2) is 85.3 Å². The molecule has 0 spiro atoms. The minimum atomic E-state index is 0.716. The minimum absolute atomic E-state index is 0.716. The van der Waals surface area contributed by atoms with Gasteiger partial charge in [0.2, 0.25) is 0 Å². The fourth-order valence-electron chi connectivity index (χ4n) is 3.90. The number of rotatable bonds is 6. The van der Waals surface area contributed by atoms with Crippen molar-refractivity contribution < 1.29 is 0 Å². The number of aromatic nitrogens is 3. The van der Waals surface area contributed by atoms with Crippen LogP contribution in [0.1, 0.15) is 23.1 Å². The van der Waals surface area contributed by atoms with E-state index in [0.29, 0.717) is 6.54 Å². The van der Waals surface area contributed by atoms with Crippen LogP contribution in [0.5, 0.6) is 0 Å². The van der Waals surface area contributed by atoms with Crippen LogP contribution >= 0.6 is 0 Å². The van der Waals surface area contributed by atoms with E-state index in [9.17, 15) is 0 Å². The number of aryl methyl sites for hydroxylation is 1. The molecule has 0 fully saturated rings. The lowest BCUT2D eigenvalue weighted by Gasteiger charge is -2.08. The number of hydrogen-bond donors (Lipinski definition) is 1. The second-order valence-corrected chi connectivity index (χ2v) is 7.69. The van der Waals surface area contributed by atoms with Crippen LogP contribution in [0.25, 0.3) is 39.8 Å². The van der Waals surface area contributed by atoms with Crippen molar-refractivity contribution in [2.45, 2.75) is 12.8 Å². The number of nitrogens with two attached hydrogens (primary N) is 1. The molecule has 4 heteroatoms. The van der Waals surface area contributed by atoms with Crippen molar-refractivity contribution in [2.75, 3.05) is 6.54 Å². The second-order valence-electron chi connectivity index (χ2n) is 7.69. The summed E-state index contributed by atoms with van der Waals surface area (Å²) in [6, 6.07) is 25.4. The number of hydrogen-bond acceptors (Lipinski definition) is 3. The maximum atomic E-state index is 5.64. The first-order valence-electron chi connectivity index (χ1n) is 10.6. The van der Waals surface area contributed by atoms with Gasteiger partial charge in [-0.1, -0.05) is 60.7 Å². The lowest BCUT2D eigenvalue weighted by atomic mass is 10.1. The third kappa shape index (κ3) is 3.98. The molecule has 0 saturated carbocycles. The highest BCUT2D eigenvalue weighted by atomic mass is 15.1. The van der Waals surface area contributed by atoms with Gasteiger partial charge >= 0.3 is 0 Å². The number of benzene rings is 3. The molecule has 0 atom stereocenters. The third-order valence-corrected chi connectivity index (χ3v) is 5.55. The predicted molar refractivity (Wildman–Crippen MR) is 129 cm³/mol. The first kappa shape index (κ1) is 19.2. The zero-order valence-electron chi connectivity index (χ0n) is 17.3. The zero-order valence-corrected chi connectivity index (χ0v) is 17.3. The van der Waals surface area contributed by atoms with E-state index in [-0.39, 0.29) is 0 Å². The van der Waals surface area contributed by atoms with E-state index in [1.807, 2.05) is 30.7 Å². The monoisotopic (exact) mass is 404 g/mol. The highest BCUT2D eigenvalue weighted by molar-refractivity contribution is 6.03. The van der Waals surface area contributed by atoms with Crippen LogP contribution in [-0.2, 0) is 6.42 Å². The topological polar surface area (TPSA) is 56.7 Å². The van der Waals surface area contributed by atoms with Crippen molar-refractivity contribution in [3.63, 3.8) is 0 Å². The first-order valence-corrected chi connectivity index (χ1v) is 10.6. The molecular formula is C27H24N4. The van der Waals surface area contributed by atoms with Gasteiger partial charge in [-0.25, -0.2) is 4.98 Å². The summed E-state index contributed by atoms with van der Waals surface area (Å²) >= 11 is 0. The zero-order chi connectivity index (χ0) is 21.0. The van der Waals surface area contributed by atoms with E-state index in [4.69, 9.17) is 5.73 Å². The molecule has 31 heavy (non-hydrogen) atoms. The average Bonchev–Trinajstić information content (AvgIpc) is 3.27. The van der Waals surface area contributed by atoms with Gasteiger partial charge in [0.25, 0.3) is 0 Å². The Morgan fingerprint density at radius 1 is 0.806 bits per heavy atom. The van der Waals surface area contributed by atoms with Gasteiger partial charge in [-0.3, -0.25) is 9.55 Å². The number of imidazole rings is 1. The first-order chi connectivity index (χ1) is 15.3. The molecule has 4 nitrogen and oxygen atoms in total. The van der Waals surface area contributed by atoms with Crippen molar-refractivity contribution in [1.82, 2.24) is 14.5 Å². The molecular weight excluding hydrogens is 380 g/mol. The van der Waals surface area contributed by atoms with Crippen LogP contribution in [0.2, 0.25) is 0 Å². The summed E-state index contributed by atoms with van der Waals surface area (Å²) in [4.78, 5) is 9.22. The fourth-order valence-corrected chi connectivity index (χ4v) is 3.90. The maximum absolute atomic E-state index is 5.64. The summed E-state index contributed by atoms with van der Waals surface area (Å²) in [6.07, 6.45) is 10.0.